The van der Waals surface area contributed by atoms with E-state index in [1.807, 2.05) is 35.7 Å². The normalized spacial score (nSPS) is 15.2. The molecule has 4 rings (SSSR count). The van der Waals surface area contributed by atoms with Gasteiger partial charge in [0, 0.05) is 34.9 Å². The minimum atomic E-state index is 0.120. The molecule has 3 aromatic rings. The first kappa shape index (κ1) is 18.3. The number of aromatic nitrogens is 1. The molecule has 1 aliphatic heterocycles. The van der Waals surface area contributed by atoms with E-state index < -0.39 is 0 Å². The zero-order chi connectivity index (χ0) is 18.6. The number of halogens is 1. The summed E-state index contributed by atoms with van der Waals surface area (Å²) in [4.78, 5) is 20.3. The molecule has 0 unspecified atom stereocenters. The van der Waals surface area contributed by atoms with Crippen molar-refractivity contribution in [2.75, 3.05) is 24.5 Å². The predicted octanol–water partition coefficient (Wildman–Crippen LogP) is 4.53. The highest BCUT2D eigenvalue weighted by Crippen LogP contribution is 2.25. The number of anilines is 1. The maximum Gasteiger partial charge on any atom is 0.225 e. The van der Waals surface area contributed by atoms with Gasteiger partial charge in [-0.1, -0.05) is 17.7 Å². The highest BCUT2D eigenvalue weighted by Gasteiger charge is 2.21. The highest BCUT2D eigenvalue weighted by atomic mass is 35.5. The lowest BCUT2D eigenvalue weighted by atomic mass is 9.96. The Morgan fingerprint density at radius 2 is 2.07 bits per heavy atom. The van der Waals surface area contributed by atoms with E-state index in [0.717, 1.165) is 59.1 Å². The number of carbonyl (C=O) groups excluding carboxylic acids is 1. The molecule has 1 aliphatic rings. The number of carbonyl (C=O) groups is 1. The predicted molar refractivity (Wildman–Crippen MR) is 113 cm³/mol. The van der Waals surface area contributed by atoms with Gasteiger partial charge in [-0.25, -0.2) is 4.98 Å². The van der Waals surface area contributed by atoms with Crippen LogP contribution in [0.15, 0.2) is 47.8 Å². The Hall–Kier alpha value is -2.11. The van der Waals surface area contributed by atoms with Crippen LogP contribution in [0.4, 0.5) is 5.82 Å². The molecule has 4 nitrogen and oxygen atoms in total. The maximum atomic E-state index is 12.1. The summed E-state index contributed by atoms with van der Waals surface area (Å²) in [5.41, 5.74) is 0.972. The third-order valence-electron chi connectivity index (χ3n) is 5.08. The fraction of sp³-hybridized carbons (Fsp3) is 0.333. The zero-order valence-electron chi connectivity index (χ0n) is 15.0. The lowest BCUT2D eigenvalue weighted by Crippen LogP contribution is -2.39. The van der Waals surface area contributed by atoms with Crippen molar-refractivity contribution >= 4 is 45.6 Å². The van der Waals surface area contributed by atoms with Gasteiger partial charge in [-0.05, 0) is 60.5 Å². The molecule has 1 fully saturated rings. The summed E-state index contributed by atoms with van der Waals surface area (Å²) in [6.45, 7) is 2.71. The van der Waals surface area contributed by atoms with E-state index in [4.69, 9.17) is 16.6 Å². The summed E-state index contributed by atoms with van der Waals surface area (Å²) in [5, 5.41) is 6.90. The van der Waals surface area contributed by atoms with Crippen LogP contribution in [-0.4, -0.2) is 30.5 Å². The van der Waals surface area contributed by atoms with E-state index in [1.54, 1.807) is 11.3 Å². The maximum absolute atomic E-state index is 12.1. The number of amides is 1. The number of benzene rings is 1. The van der Waals surface area contributed by atoms with E-state index in [9.17, 15) is 4.79 Å². The Kier molecular flexibility index (Phi) is 5.60. The third kappa shape index (κ3) is 4.60. The van der Waals surface area contributed by atoms with Crippen molar-refractivity contribution in [3.8, 4) is 0 Å². The van der Waals surface area contributed by atoms with Crippen LogP contribution in [-0.2, 0) is 11.2 Å². The molecule has 0 saturated carbocycles. The minimum Gasteiger partial charge on any atom is -0.357 e. The van der Waals surface area contributed by atoms with E-state index >= 15 is 0 Å². The number of thiophene rings is 1. The summed E-state index contributed by atoms with van der Waals surface area (Å²) in [5.74, 6) is 1.67. The number of pyridine rings is 1. The molecule has 0 atom stereocenters. The van der Waals surface area contributed by atoms with Crippen LogP contribution in [0.5, 0.6) is 0 Å². The zero-order valence-corrected chi connectivity index (χ0v) is 16.6. The standard InChI is InChI=1S/C21H22ClN3OS/c22-17-4-5-19-16(12-17)3-6-20(24-19)25-9-7-15(8-10-25)14-23-21(26)13-18-2-1-11-27-18/h1-6,11-12,15H,7-10,13-14H2,(H,23,26). The van der Waals surface area contributed by atoms with Crippen molar-refractivity contribution in [3.05, 3.63) is 57.7 Å². The molecular formula is C21H22ClN3OS. The van der Waals surface area contributed by atoms with Gasteiger partial charge in [0.2, 0.25) is 5.91 Å². The first-order valence-corrected chi connectivity index (χ1v) is 10.5. The van der Waals surface area contributed by atoms with Gasteiger partial charge in [-0.2, -0.15) is 0 Å². The van der Waals surface area contributed by atoms with E-state index in [1.165, 1.54) is 0 Å². The van der Waals surface area contributed by atoms with Crippen LogP contribution in [0.25, 0.3) is 10.9 Å². The van der Waals surface area contributed by atoms with Gasteiger partial charge in [0.15, 0.2) is 0 Å². The van der Waals surface area contributed by atoms with E-state index in [-0.39, 0.29) is 5.91 Å². The highest BCUT2D eigenvalue weighted by molar-refractivity contribution is 7.10. The molecule has 3 heterocycles. The summed E-state index contributed by atoms with van der Waals surface area (Å²) in [6.07, 6.45) is 2.63. The summed E-state index contributed by atoms with van der Waals surface area (Å²) in [7, 11) is 0. The number of nitrogens with one attached hydrogen (secondary N) is 1. The molecule has 1 saturated heterocycles. The van der Waals surface area contributed by atoms with Gasteiger partial charge in [0.05, 0.1) is 11.9 Å². The van der Waals surface area contributed by atoms with E-state index in [0.29, 0.717) is 12.3 Å². The molecule has 0 aliphatic carbocycles. The number of piperidine rings is 1. The van der Waals surface area contributed by atoms with Gasteiger partial charge < -0.3 is 10.2 Å². The smallest absolute Gasteiger partial charge is 0.225 e. The molecule has 27 heavy (non-hydrogen) atoms. The topological polar surface area (TPSA) is 45.2 Å². The van der Waals surface area contributed by atoms with Crippen molar-refractivity contribution in [3.63, 3.8) is 0 Å². The molecule has 1 N–H and O–H groups in total. The van der Waals surface area contributed by atoms with Gasteiger partial charge in [0.1, 0.15) is 5.82 Å². The van der Waals surface area contributed by atoms with Crippen molar-refractivity contribution in [1.29, 1.82) is 0 Å². The minimum absolute atomic E-state index is 0.120. The largest absolute Gasteiger partial charge is 0.357 e. The Bertz CT molecular complexity index is 920. The molecule has 1 amide bonds. The number of nitrogens with zero attached hydrogens (tertiary/aromatic N) is 2. The summed E-state index contributed by atoms with van der Waals surface area (Å²) in [6, 6.07) is 13.9. The fourth-order valence-electron chi connectivity index (χ4n) is 3.52. The van der Waals surface area contributed by atoms with Crippen molar-refractivity contribution in [1.82, 2.24) is 10.3 Å². The second-order valence-corrected chi connectivity index (χ2v) is 8.47. The van der Waals surface area contributed by atoms with Crippen molar-refractivity contribution < 1.29 is 4.79 Å². The van der Waals surface area contributed by atoms with Crippen LogP contribution in [0.1, 0.15) is 17.7 Å². The van der Waals surface area contributed by atoms with Gasteiger partial charge in [-0.15, -0.1) is 11.3 Å². The molecule has 0 radical (unpaired) electrons. The SMILES string of the molecule is O=C(Cc1cccs1)NCC1CCN(c2ccc3cc(Cl)ccc3n2)CC1. The molecule has 140 valence electrons. The van der Waals surface area contributed by atoms with Crippen LogP contribution < -0.4 is 10.2 Å². The average molecular weight is 400 g/mol. The first-order valence-electron chi connectivity index (χ1n) is 9.28. The van der Waals surface area contributed by atoms with Crippen molar-refractivity contribution in [2.24, 2.45) is 5.92 Å². The second-order valence-electron chi connectivity index (χ2n) is 7.00. The summed E-state index contributed by atoms with van der Waals surface area (Å²) < 4.78 is 0. The number of hydrogen-bond acceptors (Lipinski definition) is 4. The lowest BCUT2D eigenvalue weighted by Gasteiger charge is -2.33. The van der Waals surface area contributed by atoms with Gasteiger partial charge in [-0.3, -0.25) is 4.79 Å². The second kappa shape index (κ2) is 8.28. The van der Waals surface area contributed by atoms with Gasteiger partial charge in [0.25, 0.3) is 0 Å². The van der Waals surface area contributed by atoms with Gasteiger partial charge >= 0.3 is 0 Å². The first-order chi connectivity index (χ1) is 13.2. The van der Waals surface area contributed by atoms with Crippen LogP contribution in [0, 0.1) is 5.92 Å². The number of fused-ring (bicyclic) bond motifs is 1. The number of hydrogen-bond donors (Lipinski definition) is 1. The van der Waals surface area contributed by atoms with Crippen LogP contribution in [0.2, 0.25) is 5.02 Å². The Balaban J connectivity index is 1.28. The average Bonchev–Trinajstić information content (AvgIpc) is 3.19. The van der Waals surface area contributed by atoms with Crippen LogP contribution in [0.3, 0.4) is 0 Å². The third-order valence-corrected chi connectivity index (χ3v) is 6.19. The van der Waals surface area contributed by atoms with E-state index in [2.05, 4.69) is 22.3 Å². The van der Waals surface area contributed by atoms with Crippen molar-refractivity contribution in [2.45, 2.75) is 19.3 Å². The Labute approximate surface area is 168 Å². The Morgan fingerprint density at radius 3 is 2.85 bits per heavy atom. The fourth-order valence-corrected chi connectivity index (χ4v) is 4.40. The Morgan fingerprint density at radius 1 is 1.22 bits per heavy atom. The molecular weight excluding hydrogens is 378 g/mol. The lowest BCUT2D eigenvalue weighted by molar-refractivity contribution is -0.120. The monoisotopic (exact) mass is 399 g/mol. The molecule has 0 bridgehead atoms. The summed E-state index contributed by atoms with van der Waals surface area (Å²) >= 11 is 7.68. The number of rotatable bonds is 5. The molecule has 1 aromatic carbocycles. The molecule has 0 spiro atoms. The van der Waals surface area contributed by atoms with Crippen LogP contribution >= 0.6 is 22.9 Å². The molecule has 6 heteroatoms. The molecule has 2 aromatic heterocycles. The quantitative estimate of drug-likeness (QED) is 0.685.